The number of hydrogen-bond acceptors (Lipinski definition) is 4. The Hall–Kier alpha value is -2.12. The third-order valence-corrected chi connectivity index (χ3v) is 2.30. The van der Waals surface area contributed by atoms with Crippen LogP contribution in [0.4, 0.5) is 11.5 Å². The van der Waals surface area contributed by atoms with Crippen LogP contribution in [0.5, 0.6) is 0 Å². The van der Waals surface area contributed by atoms with Crippen molar-refractivity contribution < 1.29 is 0 Å². The molecule has 0 fully saturated rings. The van der Waals surface area contributed by atoms with Crippen LogP contribution in [0, 0.1) is 11.3 Å². The van der Waals surface area contributed by atoms with Crippen molar-refractivity contribution in [3.63, 3.8) is 0 Å². The molecule has 0 aliphatic heterocycles. The van der Waals surface area contributed by atoms with Gasteiger partial charge in [0.1, 0.15) is 5.15 Å². The molecule has 84 valence electrons. The quantitative estimate of drug-likeness (QED) is 0.902. The Balaban J connectivity index is 2.11. The summed E-state index contributed by atoms with van der Waals surface area (Å²) < 4.78 is 0. The first-order chi connectivity index (χ1) is 8.28. The van der Waals surface area contributed by atoms with Crippen LogP contribution in [0.25, 0.3) is 0 Å². The molecular formula is C12H9ClN4. The molecule has 1 aromatic heterocycles. The van der Waals surface area contributed by atoms with E-state index >= 15 is 0 Å². The topological polar surface area (TPSA) is 61.6 Å². The minimum absolute atomic E-state index is 0.344. The van der Waals surface area contributed by atoms with Gasteiger partial charge in [-0.15, -0.1) is 0 Å². The molecule has 0 amide bonds. The molecule has 0 unspecified atom stereocenters. The number of aromatic nitrogens is 2. The predicted molar refractivity (Wildman–Crippen MR) is 66.1 cm³/mol. The molecule has 17 heavy (non-hydrogen) atoms. The van der Waals surface area contributed by atoms with Crippen LogP contribution >= 0.6 is 11.6 Å². The second-order valence-electron chi connectivity index (χ2n) is 3.38. The summed E-state index contributed by atoms with van der Waals surface area (Å²) in [5.41, 5.74) is 1.86. The zero-order valence-corrected chi connectivity index (χ0v) is 9.65. The van der Waals surface area contributed by atoms with Gasteiger partial charge in [-0.25, -0.2) is 4.98 Å². The third-order valence-electron chi connectivity index (χ3n) is 2.11. The van der Waals surface area contributed by atoms with Crippen LogP contribution in [0.1, 0.15) is 5.56 Å². The van der Waals surface area contributed by atoms with E-state index in [2.05, 4.69) is 21.4 Å². The van der Waals surface area contributed by atoms with Crippen molar-refractivity contribution in [2.24, 2.45) is 0 Å². The average Bonchev–Trinajstić information content (AvgIpc) is 2.32. The Bertz CT molecular complexity index is 545. The lowest BCUT2D eigenvalue weighted by atomic mass is 10.1. The number of benzene rings is 1. The largest absolute Gasteiger partial charge is 0.339 e. The third kappa shape index (κ3) is 3.16. The molecule has 0 aliphatic rings. The van der Waals surface area contributed by atoms with Crippen LogP contribution in [0.3, 0.4) is 0 Å². The summed E-state index contributed by atoms with van der Waals surface area (Å²) in [7, 11) is 0. The highest BCUT2D eigenvalue weighted by atomic mass is 35.5. The molecule has 0 saturated heterocycles. The molecule has 0 spiro atoms. The Morgan fingerprint density at radius 1 is 1.24 bits per heavy atom. The molecule has 2 aromatic rings. The van der Waals surface area contributed by atoms with E-state index in [0.29, 0.717) is 17.4 Å². The van der Waals surface area contributed by atoms with Gasteiger partial charge in [0.15, 0.2) is 5.82 Å². The number of nitrogens with one attached hydrogen (secondary N) is 1. The molecular weight excluding hydrogens is 236 g/mol. The summed E-state index contributed by atoms with van der Waals surface area (Å²) >= 11 is 5.73. The summed E-state index contributed by atoms with van der Waals surface area (Å²) in [6.07, 6.45) is 3.48. The fourth-order valence-corrected chi connectivity index (χ4v) is 1.49. The summed E-state index contributed by atoms with van der Waals surface area (Å²) in [5.74, 6) is 0.588. The lowest BCUT2D eigenvalue weighted by Crippen LogP contribution is -1.94. The Labute approximate surface area is 104 Å². The molecule has 0 aliphatic carbocycles. The minimum Gasteiger partial charge on any atom is -0.339 e. The second-order valence-corrected chi connectivity index (χ2v) is 3.77. The molecule has 5 heteroatoms. The van der Waals surface area contributed by atoms with Gasteiger partial charge in [-0.3, -0.25) is 4.98 Å². The molecule has 1 N–H and O–H groups in total. The van der Waals surface area contributed by atoms with Gasteiger partial charge < -0.3 is 5.32 Å². The van der Waals surface area contributed by atoms with E-state index in [-0.39, 0.29) is 0 Å². The fourth-order valence-electron chi connectivity index (χ4n) is 1.35. The van der Waals surface area contributed by atoms with Crippen molar-refractivity contribution in [2.45, 2.75) is 6.42 Å². The number of hydrogen-bond donors (Lipinski definition) is 1. The maximum absolute atomic E-state index is 8.56. The van der Waals surface area contributed by atoms with Gasteiger partial charge in [-0.2, -0.15) is 5.26 Å². The lowest BCUT2D eigenvalue weighted by Gasteiger charge is -2.05. The van der Waals surface area contributed by atoms with Crippen LogP contribution in [-0.2, 0) is 6.42 Å². The monoisotopic (exact) mass is 244 g/mol. The van der Waals surface area contributed by atoms with E-state index in [4.69, 9.17) is 16.9 Å². The zero-order valence-electron chi connectivity index (χ0n) is 8.89. The molecule has 1 aromatic carbocycles. The summed E-state index contributed by atoms with van der Waals surface area (Å²) in [6, 6.07) is 9.65. The van der Waals surface area contributed by atoms with Crippen molar-refractivity contribution >= 4 is 23.1 Å². The van der Waals surface area contributed by atoms with Crippen molar-refractivity contribution in [2.75, 3.05) is 5.32 Å². The second kappa shape index (κ2) is 5.28. The molecule has 0 atom stereocenters. The first-order valence-corrected chi connectivity index (χ1v) is 5.36. The highest BCUT2D eigenvalue weighted by molar-refractivity contribution is 6.29. The van der Waals surface area contributed by atoms with Crippen LogP contribution < -0.4 is 5.32 Å². The molecule has 0 radical (unpaired) electrons. The first kappa shape index (κ1) is 11.4. The summed E-state index contributed by atoms with van der Waals surface area (Å²) in [5, 5.41) is 12.0. The average molecular weight is 245 g/mol. The van der Waals surface area contributed by atoms with E-state index in [1.165, 1.54) is 6.20 Å². The minimum atomic E-state index is 0.344. The van der Waals surface area contributed by atoms with Gasteiger partial charge in [0, 0.05) is 5.69 Å². The molecule has 0 bridgehead atoms. The van der Waals surface area contributed by atoms with Crippen molar-refractivity contribution in [1.82, 2.24) is 9.97 Å². The van der Waals surface area contributed by atoms with Crippen LogP contribution in [0.15, 0.2) is 36.7 Å². The molecule has 2 rings (SSSR count). The number of rotatable bonds is 3. The Morgan fingerprint density at radius 2 is 2.00 bits per heavy atom. The smallest absolute Gasteiger partial charge is 0.150 e. The predicted octanol–water partition coefficient (Wildman–Crippen LogP) is 2.94. The van der Waals surface area contributed by atoms with E-state index in [9.17, 15) is 0 Å². The Kier molecular flexibility index (Phi) is 3.53. The van der Waals surface area contributed by atoms with Gasteiger partial charge in [0.25, 0.3) is 0 Å². The van der Waals surface area contributed by atoms with E-state index in [0.717, 1.165) is 11.3 Å². The zero-order chi connectivity index (χ0) is 12.1. The Morgan fingerprint density at radius 3 is 2.65 bits per heavy atom. The van der Waals surface area contributed by atoms with Gasteiger partial charge in [0.2, 0.25) is 0 Å². The standard InChI is InChI=1S/C12H9ClN4/c13-11-7-15-8-12(17-11)16-10-3-1-9(2-4-10)5-6-14/h1-4,7-8H,5H2,(H,16,17). The van der Waals surface area contributed by atoms with Crippen LogP contribution in [-0.4, -0.2) is 9.97 Å². The maximum atomic E-state index is 8.56. The highest BCUT2D eigenvalue weighted by Gasteiger charge is 1.98. The van der Waals surface area contributed by atoms with Crippen molar-refractivity contribution in [3.05, 3.63) is 47.4 Å². The van der Waals surface area contributed by atoms with Gasteiger partial charge in [-0.05, 0) is 17.7 Å². The van der Waals surface area contributed by atoms with Crippen LogP contribution in [0.2, 0.25) is 5.15 Å². The summed E-state index contributed by atoms with van der Waals surface area (Å²) in [6.45, 7) is 0. The van der Waals surface area contributed by atoms with Gasteiger partial charge in [0.05, 0.1) is 24.9 Å². The lowest BCUT2D eigenvalue weighted by molar-refractivity contribution is 1.20. The number of nitriles is 1. The molecule has 0 saturated carbocycles. The van der Waals surface area contributed by atoms with Gasteiger partial charge >= 0.3 is 0 Å². The van der Waals surface area contributed by atoms with E-state index in [1.807, 2.05) is 24.3 Å². The molecule has 4 nitrogen and oxygen atoms in total. The number of anilines is 2. The first-order valence-electron chi connectivity index (χ1n) is 4.98. The van der Waals surface area contributed by atoms with Crippen molar-refractivity contribution in [3.8, 4) is 6.07 Å². The highest BCUT2D eigenvalue weighted by Crippen LogP contribution is 2.16. The molecule has 1 heterocycles. The fraction of sp³-hybridized carbons (Fsp3) is 0.0833. The van der Waals surface area contributed by atoms with E-state index in [1.54, 1.807) is 6.20 Å². The maximum Gasteiger partial charge on any atom is 0.150 e. The SMILES string of the molecule is N#CCc1ccc(Nc2cncc(Cl)n2)cc1. The number of nitrogens with zero attached hydrogens (tertiary/aromatic N) is 3. The summed E-state index contributed by atoms with van der Waals surface area (Å²) in [4.78, 5) is 7.99. The van der Waals surface area contributed by atoms with E-state index < -0.39 is 0 Å². The van der Waals surface area contributed by atoms with Gasteiger partial charge in [-0.1, -0.05) is 23.7 Å². The van der Waals surface area contributed by atoms with Crippen molar-refractivity contribution in [1.29, 1.82) is 5.26 Å². The number of halogens is 1. The normalized spacial score (nSPS) is 9.65.